The number of nitrogens with zero attached hydrogens (tertiary/aromatic N) is 3. The molecule has 16 heavy (non-hydrogen) atoms. The predicted molar refractivity (Wildman–Crippen MR) is 64.3 cm³/mol. The Morgan fingerprint density at radius 1 is 1.44 bits per heavy atom. The highest BCUT2D eigenvalue weighted by atomic mass is 15.1. The van der Waals surface area contributed by atoms with Crippen LogP contribution in [0.3, 0.4) is 0 Å². The standard InChI is InChI=1S/C12H16N4/c1-7(2)16-9-5-6-14-11(13)10(9)15-12(16)8-3-4-8/h5-8H,3-4H2,1-2H3,(H2,13,14). The fourth-order valence-corrected chi connectivity index (χ4v) is 2.23. The van der Waals surface area contributed by atoms with Crippen molar-refractivity contribution in [3.63, 3.8) is 0 Å². The third kappa shape index (κ3) is 1.29. The maximum Gasteiger partial charge on any atom is 0.151 e. The Hall–Kier alpha value is -1.58. The second-order valence-corrected chi connectivity index (χ2v) is 4.77. The zero-order chi connectivity index (χ0) is 11.3. The molecule has 84 valence electrons. The number of rotatable bonds is 2. The molecule has 0 aliphatic heterocycles. The lowest BCUT2D eigenvalue weighted by Crippen LogP contribution is -2.05. The van der Waals surface area contributed by atoms with E-state index in [0.29, 0.717) is 17.8 Å². The van der Waals surface area contributed by atoms with Gasteiger partial charge >= 0.3 is 0 Å². The summed E-state index contributed by atoms with van der Waals surface area (Å²) in [5, 5.41) is 0. The second-order valence-electron chi connectivity index (χ2n) is 4.77. The summed E-state index contributed by atoms with van der Waals surface area (Å²) in [7, 11) is 0. The van der Waals surface area contributed by atoms with Gasteiger partial charge in [0.1, 0.15) is 11.3 Å². The number of anilines is 1. The Morgan fingerprint density at radius 3 is 2.81 bits per heavy atom. The van der Waals surface area contributed by atoms with E-state index < -0.39 is 0 Å². The minimum atomic E-state index is 0.419. The summed E-state index contributed by atoms with van der Waals surface area (Å²) in [5.74, 6) is 2.36. The van der Waals surface area contributed by atoms with Crippen LogP contribution in [0.2, 0.25) is 0 Å². The fourth-order valence-electron chi connectivity index (χ4n) is 2.23. The van der Waals surface area contributed by atoms with Gasteiger partial charge in [0.15, 0.2) is 5.82 Å². The van der Waals surface area contributed by atoms with Crippen molar-refractivity contribution < 1.29 is 0 Å². The van der Waals surface area contributed by atoms with Gasteiger partial charge in [0, 0.05) is 18.2 Å². The number of fused-ring (bicyclic) bond motifs is 1. The molecule has 4 heteroatoms. The van der Waals surface area contributed by atoms with Crippen LogP contribution in [0.5, 0.6) is 0 Å². The fraction of sp³-hybridized carbons (Fsp3) is 0.500. The summed E-state index contributed by atoms with van der Waals surface area (Å²) in [6, 6.07) is 2.42. The summed E-state index contributed by atoms with van der Waals surface area (Å²) in [4.78, 5) is 8.77. The molecule has 0 aromatic carbocycles. The van der Waals surface area contributed by atoms with Crippen molar-refractivity contribution in [1.82, 2.24) is 14.5 Å². The predicted octanol–water partition coefficient (Wildman–Crippen LogP) is 2.47. The molecule has 0 unspecified atom stereocenters. The number of nitrogens with two attached hydrogens (primary N) is 1. The molecule has 1 aliphatic rings. The average Bonchev–Trinajstić information content (AvgIpc) is 2.99. The number of hydrogen-bond acceptors (Lipinski definition) is 3. The topological polar surface area (TPSA) is 56.7 Å². The Balaban J connectivity index is 2.32. The molecule has 4 nitrogen and oxygen atoms in total. The van der Waals surface area contributed by atoms with Crippen LogP contribution in [-0.4, -0.2) is 14.5 Å². The van der Waals surface area contributed by atoms with Gasteiger partial charge in [0.05, 0.1) is 5.52 Å². The lowest BCUT2D eigenvalue weighted by molar-refractivity contribution is 0.585. The first-order chi connectivity index (χ1) is 7.68. The van der Waals surface area contributed by atoms with Gasteiger partial charge in [-0.2, -0.15) is 0 Å². The number of aromatic nitrogens is 3. The molecule has 2 aromatic rings. The van der Waals surface area contributed by atoms with E-state index in [1.807, 2.05) is 6.07 Å². The zero-order valence-corrected chi connectivity index (χ0v) is 9.64. The maximum absolute atomic E-state index is 5.87. The Kier molecular flexibility index (Phi) is 1.93. The van der Waals surface area contributed by atoms with E-state index in [1.165, 1.54) is 18.7 Å². The molecule has 3 rings (SSSR count). The van der Waals surface area contributed by atoms with E-state index in [2.05, 4.69) is 28.4 Å². The molecule has 1 fully saturated rings. The molecular formula is C12H16N4. The molecule has 0 bridgehead atoms. The van der Waals surface area contributed by atoms with Crippen molar-refractivity contribution in [2.45, 2.75) is 38.6 Å². The first-order valence-electron chi connectivity index (χ1n) is 5.80. The molecule has 2 N–H and O–H groups in total. The van der Waals surface area contributed by atoms with E-state index in [4.69, 9.17) is 5.73 Å². The van der Waals surface area contributed by atoms with Crippen molar-refractivity contribution in [2.75, 3.05) is 5.73 Å². The highest BCUT2D eigenvalue weighted by Gasteiger charge is 2.30. The van der Waals surface area contributed by atoms with Crippen LogP contribution in [0.1, 0.15) is 44.5 Å². The van der Waals surface area contributed by atoms with Crippen molar-refractivity contribution in [2.24, 2.45) is 0 Å². The number of pyridine rings is 1. The van der Waals surface area contributed by atoms with Gasteiger partial charge in [-0.3, -0.25) is 0 Å². The van der Waals surface area contributed by atoms with Crippen LogP contribution in [0.15, 0.2) is 12.3 Å². The lowest BCUT2D eigenvalue weighted by Gasteiger charge is -2.12. The van der Waals surface area contributed by atoms with Crippen molar-refractivity contribution >= 4 is 16.9 Å². The Morgan fingerprint density at radius 2 is 2.19 bits per heavy atom. The largest absolute Gasteiger partial charge is 0.382 e. The quantitative estimate of drug-likeness (QED) is 0.839. The third-order valence-electron chi connectivity index (χ3n) is 3.12. The summed E-state index contributed by atoms with van der Waals surface area (Å²) in [6.07, 6.45) is 4.27. The first-order valence-corrected chi connectivity index (χ1v) is 5.80. The van der Waals surface area contributed by atoms with Gasteiger partial charge in [-0.1, -0.05) is 0 Å². The summed E-state index contributed by atoms with van der Waals surface area (Å²) in [6.45, 7) is 4.37. The molecule has 1 aliphatic carbocycles. The van der Waals surface area contributed by atoms with Crippen LogP contribution in [0.4, 0.5) is 5.82 Å². The van der Waals surface area contributed by atoms with Crippen LogP contribution in [0, 0.1) is 0 Å². The Labute approximate surface area is 94.5 Å². The highest BCUT2D eigenvalue weighted by Crippen LogP contribution is 2.42. The molecule has 0 atom stereocenters. The number of nitrogen functional groups attached to an aromatic ring is 1. The smallest absolute Gasteiger partial charge is 0.151 e. The van der Waals surface area contributed by atoms with E-state index in [1.54, 1.807) is 6.20 Å². The van der Waals surface area contributed by atoms with E-state index in [-0.39, 0.29) is 0 Å². The summed E-state index contributed by atoms with van der Waals surface area (Å²) >= 11 is 0. The lowest BCUT2D eigenvalue weighted by atomic mass is 10.3. The Bertz CT molecular complexity index is 537. The van der Waals surface area contributed by atoms with Gasteiger partial charge in [0.25, 0.3) is 0 Å². The van der Waals surface area contributed by atoms with E-state index in [0.717, 1.165) is 11.0 Å². The molecule has 0 amide bonds. The van der Waals surface area contributed by atoms with E-state index in [9.17, 15) is 0 Å². The monoisotopic (exact) mass is 216 g/mol. The second kappa shape index (κ2) is 3.20. The first kappa shape index (κ1) is 9.63. The number of imidazole rings is 1. The minimum Gasteiger partial charge on any atom is -0.382 e. The molecule has 2 aromatic heterocycles. The van der Waals surface area contributed by atoms with Gasteiger partial charge in [-0.05, 0) is 32.8 Å². The normalized spacial score (nSPS) is 16.2. The molecule has 1 saturated carbocycles. The molecule has 0 radical (unpaired) electrons. The highest BCUT2D eigenvalue weighted by molar-refractivity contribution is 5.85. The molecule has 0 saturated heterocycles. The van der Waals surface area contributed by atoms with Crippen LogP contribution in [-0.2, 0) is 0 Å². The maximum atomic E-state index is 5.87. The van der Waals surface area contributed by atoms with Crippen molar-refractivity contribution in [3.05, 3.63) is 18.1 Å². The molecular weight excluding hydrogens is 200 g/mol. The zero-order valence-electron chi connectivity index (χ0n) is 9.64. The van der Waals surface area contributed by atoms with Gasteiger partial charge in [-0.15, -0.1) is 0 Å². The summed E-state index contributed by atoms with van der Waals surface area (Å²) in [5.41, 5.74) is 7.85. The van der Waals surface area contributed by atoms with Gasteiger partial charge in [0.2, 0.25) is 0 Å². The minimum absolute atomic E-state index is 0.419. The van der Waals surface area contributed by atoms with Crippen molar-refractivity contribution in [3.8, 4) is 0 Å². The van der Waals surface area contributed by atoms with Gasteiger partial charge in [-0.25, -0.2) is 9.97 Å². The van der Waals surface area contributed by atoms with Gasteiger partial charge < -0.3 is 10.3 Å². The number of hydrogen-bond donors (Lipinski definition) is 1. The summed E-state index contributed by atoms with van der Waals surface area (Å²) < 4.78 is 2.30. The van der Waals surface area contributed by atoms with E-state index >= 15 is 0 Å². The average molecular weight is 216 g/mol. The van der Waals surface area contributed by atoms with Crippen LogP contribution >= 0.6 is 0 Å². The van der Waals surface area contributed by atoms with Crippen LogP contribution < -0.4 is 5.73 Å². The molecule has 0 spiro atoms. The molecule has 2 heterocycles. The van der Waals surface area contributed by atoms with Crippen molar-refractivity contribution in [1.29, 1.82) is 0 Å². The van der Waals surface area contributed by atoms with Crippen LogP contribution in [0.25, 0.3) is 11.0 Å². The SMILES string of the molecule is CC(C)n1c(C2CC2)nc2c(N)nccc21. The third-order valence-corrected chi connectivity index (χ3v) is 3.12.